The number of methoxy groups -OCH3 is 2. The quantitative estimate of drug-likeness (QED) is 0.799. The van der Waals surface area contributed by atoms with Gasteiger partial charge < -0.3 is 13.9 Å². The minimum absolute atomic E-state index is 0.170. The van der Waals surface area contributed by atoms with Crippen molar-refractivity contribution in [2.45, 2.75) is 6.92 Å². The molecular formula is C14H13NO5. The lowest BCUT2D eigenvalue weighted by Gasteiger charge is -1.99. The molecule has 1 heterocycles. The summed E-state index contributed by atoms with van der Waals surface area (Å²) < 4.78 is 14.5. The van der Waals surface area contributed by atoms with Gasteiger partial charge in [0, 0.05) is 5.56 Å². The molecule has 1 aromatic carbocycles. The van der Waals surface area contributed by atoms with Gasteiger partial charge in [0.25, 0.3) is 0 Å². The molecule has 0 unspecified atom stereocenters. The number of hydrogen-bond donors (Lipinski definition) is 0. The highest BCUT2D eigenvalue weighted by Gasteiger charge is 2.27. The van der Waals surface area contributed by atoms with Crippen molar-refractivity contribution in [2.24, 2.45) is 0 Å². The van der Waals surface area contributed by atoms with E-state index in [1.165, 1.54) is 14.2 Å². The number of aryl methyl sites for hydroxylation is 1. The van der Waals surface area contributed by atoms with Crippen molar-refractivity contribution in [2.75, 3.05) is 14.2 Å². The molecule has 6 heteroatoms. The van der Waals surface area contributed by atoms with Gasteiger partial charge in [0.15, 0.2) is 0 Å². The van der Waals surface area contributed by atoms with Gasteiger partial charge in [0.2, 0.25) is 17.3 Å². The van der Waals surface area contributed by atoms with Crippen LogP contribution in [0.5, 0.6) is 0 Å². The van der Waals surface area contributed by atoms with Crippen LogP contribution in [0, 0.1) is 6.92 Å². The summed E-state index contributed by atoms with van der Waals surface area (Å²) in [6, 6.07) is 7.32. The van der Waals surface area contributed by atoms with Crippen LogP contribution < -0.4 is 0 Å². The fourth-order valence-corrected chi connectivity index (χ4v) is 1.71. The van der Waals surface area contributed by atoms with Crippen molar-refractivity contribution in [1.29, 1.82) is 0 Å². The van der Waals surface area contributed by atoms with E-state index in [2.05, 4.69) is 14.5 Å². The summed E-state index contributed by atoms with van der Waals surface area (Å²) in [5.74, 6) is -1.63. The maximum Gasteiger partial charge on any atom is 0.376 e. The lowest BCUT2D eigenvalue weighted by atomic mass is 10.1. The Kier molecular flexibility index (Phi) is 3.84. The zero-order valence-corrected chi connectivity index (χ0v) is 11.3. The summed E-state index contributed by atoms with van der Waals surface area (Å²) in [6.07, 6.45) is 0. The van der Waals surface area contributed by atoms with E-state index in [1.54, 1.807) is 6.07 Å². The van der Waals surface area contributed by atoms with Crippen LogP contribution in [0.3, 0.4) is 0 Å². The fraction of sp³-hybridized carbons (Fsp3) is 0.214. The van der Waals surface area contributed by atoms with Crippen LogP contribution in [-0.2, 0) is 9.47 Å². The summed E-state index contributed by atoms with van der Waals surface area (Å²) in [4.78, 5) is 27.3. The van der Waals surface area contributed by atoms with Gasteiger partial charge in [-0.25, -0.2) is 14.6 Å². The van der Waals surface area contributed by atoms with E-state index in [4.69, 9.17) is 4.42 Å². The molecule has 2 rings (SSSR count). The minimum Gasteiger partial charge on any atom is -0.464 e. The van der Waals surface area contributed by atoms with Crippen molar-refractivity contribution in [3.8, 4) is 11.5 Å². The molecule has 0 radical (unpaired) electrons. The van der Waals surface area contributed by atoms with Gasteiger partial charge in [0.1, 0.15) is 0 Å². The van der Waals surface area contributed by atoms with Crippen LogP contribution in [0.25, 0.3) is 11.5 Å². The van der Waals surface area contributed by atoms with E-state index in [9.17, 15) is 9.59 Å². The van der Waals surface area contributed by atoms with Gasteiger partial charge in [-0.15, -0.1) is 0 Å². The summed E-state index contributed by atoms with van der Waals surface area (Å²) >= 11 is 0. The summed E-state index contributed by atoms with van der Waals surface area (Å²) in [6.45, 7) is 1.87. The Morgan fingerprint density at radius 2 is 1.75 bits per heavy atom. The predicted octanol–water partition coefficient (Wildman–Crippen LogP) is 2.22. The normalized spacial score (nSPS) is 10.2. The first kappa shape index (κ1) is 13.8. The average molecular weight is 275 g/mol. The molecule has 104 valence electrons. The summed E-state index contributed by atoms with van der Waals surface area (Å²) in [7, 11) is 2.39. The van der Waals surface area contributed by atoms with E-state index in [0.717, 1.165) is 5.56 Å². The molecule has 0 spiro atoms. The zero-order chi connectivity index (χ0) is 14.7. The molecule has 0 aliphatic carbocycles. The molecule has 6 nitrogen and oxygen atoms in total. The zero-order valence-electron chi connectivity index (χ0n) is 11.3. The number of aromatic nitrogens is 1. The van der Waals surface area contributed by atoms with Crippen molar-refractivity contribution in [3.05, 3.63) is 41.3 Å². The standard InChI is InChI=1S/C14H13NO5/c1-8-6-4-5-7-9(8)12-15-10(13(16)18-2)11(20-12)14(17)19-3/h4-7H,1-3H3. The molecule has 0 aliphatic heterocycles. The van der Waals surface area contributed by atoms with Crippen LogP contribution in [0.4, 0.5) is 0 Å². The Hall–Kier alpha value is -2.63. The molecule has 0 fully saturated rings. The molecule has 0 amide bonds. The third-order valence-corrected chi connectivity index (χ3v) is 2.75. The molecule has 0 atom stereocenters. The third-order valence-electron chi connectivity index (χ3n) is 2.75. The second-order valence-electron chi connectivity index (χ2n) is 3.99. The highest BCUT2D eigenvalue weighted by molar-refractivity contribution is 6.00. The van der Waals surface area contributed by atoms with Crippen LogP contribution in [0.15, 0.2) is 28.7 Å². The van der Waals surface area contributed by atoms with Crippen molar-refractivity contribution >= 4 is 11.9 Å². The summed E-state index contributed by atoms with van der Waals surface area (Å²) in [5.41, 5.74) is 1.40. The van der Waals surface area contributed by atoms with E-state index in [-0.39, 0.29) is 17.3 Å². The maximum atomic E-state index is 11.6. The summed E-state index contributed by atoms with van der Waals surface area (Å²) in [5, 5.41) is 0. The number of carbonyl (C=O) groups excluding carboxylic acids is 2. The second-order valence-corrected chi connectivity index (χ2v) is 3.99. The lowest BCUT2D eigenvalue weighted by molar-refractivity contribution is 0.0527. The predicted molar refractivity (Wildman–Crippen MR) is 69.4 cm³/mol. The van der Waals surface area contributed by atoms with Crippen LogP contribution >= 0.6 is 0 Å². The molecule has 0 aliphatic rings. The number of carbonyl (C=O) groups is 2. The van der Waals surface area contributed by atoms with Crippen molar-refractivity contribution < 1.29 is 23.5 Å². The molecule has 1 aromatic heterocycles. The number of rotatable bonds is 3. The molecule has 2 aromatic rings. The van der Waals surface area contributed by atoms with E-state index < -0.39 is 11.9 Å². The first-order chi connectivity index (χ1) is 9.58. The van der Waals surface area contributed by atoms with Crippen LogP contribution in [0.2, 0.25) is 0 Å². The largest absolute Gasteiger partial charge is 0.464 e. The Labute approximate surface area is 115 Å². The van der Waals surface area contributed by atoms with E-state index in [1.807, 2.05) is 25.1 Å². The molecule has 0 N–H and O–H groups in total. The number of oxazole rings is 1. The number of ether oxygens (including phenoxy) is 2. The molecule has 0 bridgehead atoms. The first-order valence-corrected chi connectivity index (χ1v) is 5.82. The van der Waals surface area contributed by atoms with E-state index in [0.29, 0.717) is 5.56 Å². The molecular weight excluding hydrogens is 262 g/mol. The van der Waals surface area contributed by atoms with Gasteiger partial charge in [-0.05, 0) is 18.6 Å². The van der Waals surface area contributed by atoms with Crippen molar-refractivity contribution in [1.82, 2.24) is 4.98 Å². The topological polar surface area (TPSA) is 78.6 Å². The smallest absolute Gasteiger partial charge is 0.376 e. The minimum atomic E-state index is -0.780. The highest BCUT2D eigenvalue weighted by atomic mass is 16.5. The molecule has 0 saturated heterocycles. The number of esters is 2. The molecule has 20 heavy (non-hydrogen) atoms. The third kappa shape index (κ3) is 2.40. The average Bonchev–Trinajstić information content (AvgIpc) is 2.91. The monoisotopic (exact) mass is 275 g/mol. The lowest BCUT2D eigenvalue weighted by Crippen LogP contribution is -2.10. The Morgan fingerprint density at radius 3 is 2.35 bits per heavy atom. The number of benzene rings is 1. The van der Waals surface area contributed by atoms with Gasteiger partial charge in [-0.2, -0.15) is 0 Å². The van der Waals surface area contributed by atoms with Crippen molar-refractivity contribution in [3.63, 3.8) is 0 Å². The Morgan fingerprint density at radius 1 is 1.10 bits per heavy atom. The fourth-order valence-electron chi connectivity index (χ4n) is 1.71. The number of hydrogen-bond acceptors (Lipinski definition) is 6. The molecule has 0 saturated carbocycles. The van der Waals surface area contributed by atoms with Crippen LogP contribution in [-0.4, -0.2) is 31.1 Å². The maximum absolute atomic E-state index is 11.6. The second kappa shape index (κ2) is 5.56. The van der Waals surface area contributed by atoms with Crippen LogP contribution in [0.1, 0.15) is 26.6 Å². The van der Waals surface area contributed by atoms with Gasteiger partial charge in [-0.1, -0.05) is 18.2 Å². The van der Waals surface area contributed by atoms with E-state index >= 15 is 0 Å². The Bertz CT molecular complexity index is 626. The highest BCUT2D eigenvalue weighted by Crippen LogP contribution is 2.25. The number of nitrogens with zero attached hydrogens (tertiary/aromatic N) is 1. The van der Waals surface area contributed by atoms with Gasteiger partial charge >= 0.3 is 11.9 Å². The first-order valence-electron chi connectivity index (χ1n) is 5.82. The Balaban J connectivity index is 2.57. The van der Waals surface area contributed by atoms with Gasteiger partial charge in [0.05, 0.1) is 14.2 Å². The van der Waals surface area contributed by atoms with Gasteiger partial charge in [-0.3, -0.25) is 0 Å². The SMILES string of the molecule is COC(=O)c1nc(-c2ccccc2C)oc1C(=O)OC.